The Balaban J connectivity index is 2.62. The molecule has 1 aromatic heterocycles. The van der Waals surface area contributed by atoms with Crippen LogP contribution in [0.3, 0.4) is 0 Å². The number of benzene rings is 1. The number of ether oxygens (including phenoxy) is 1. The van der Waals surface area contributed by atoms with E-state index in [9.17, 15) is 4.79 Å². The number of carbonyl (C=O) groups excluding carboxylic acids is 1. The van der Waals surface area contributed by atoms with Crippen LogP contribution in [0.2, 0.25) is 5.15 Å². The van der Waals surface area contributed by atoms with Crippen LogP contribution in [0.15, 0.2) is 24.3 Å². The van der Waals surface area contributed by atoms with Gasteiger partial charge in [0.05, 0.1) is 19.0 Å². The second kappa shape index (κ2) is 4.72. The molecule has 2 aromatic rings. The smallest absolute Gasteiger partial charge is 0.310 e. The Morgan fingerprint density at radius 2 is 2.24 bits per heavy atom. The Morgan fingerprint density at radius 1 is 1.47 bits per heavy atom. The van der Waals surface area contributed by atoms with Crippen LogP contribution in [0.4, 0.5) is 0 Å². The first-order chi connectivity index (χ1) is 8.11. The van der Waals surface area contributed by atoms with Crippen molar-refractivity contribution in [1.29, 1.82) is 0 Å². The highest BCUT2D eigenvalue weighted by atomic mass is 35.5. The van der Waals surface area contributed by atoms with Gasteiger partial charge in [0.1, 0.15) is 5.15 Å². The maximum absolute atomic E-state index is 11.3. The van der Waals surface area contributed by atoms with E-state index in [0.717, 1.165) is 22.0 Å². The Bertz CT molecular complexity index is 581. The van der Waals surface area contributed by atoms with Gasteiger partial charge in [-0.05, 0) is 24.1 Å². The second-order valence-corrected chi connectivity index (χ2v) is 4.22. The summed E-state index contributed by atoms with van der Waals surface area (Å²) in [5.74, 6) is -0.282. The molecule has 0 atom stereocenters. The molecule has 0 aliphatic heterocycles. The normalized spacial score (nSPS) is 10.5. The van der Waals surface area contributed by atoms with Crippen LogP contribution < -0.4 is 0 Å². The molecule has 0 unspecified atom stereocenters. The number of carbonyl (C=O) groups is 1. The van der Waals surface area contributed by atoms with Crippen molar-refractivity contribution in [2.45, 2.75) is 13.3 Å². The number of hydrogen-bond acceptors (Lipinski definition) is 3. The predicted molar refractivity (Wildman–Crippen MR) is 67.2 cm³/mol. The summed E-state index contributed by atoms with van der Waals surface area (Å²) in [6, 6.07) is 7.55. The first-order valence-electron chi connectivity index (χ1n) is 5.23. The predicted octanol–water partition coefficient (Wildman–Crippen LogP) is 2.91. The van der Waals surface area contributed by atoms with Gasteiger partial charge in [-0.3, -0.25) is 4.79 Å². The first kappa shape index (κ1) is 11.9. The van der Waals surface area contributed by atoms with Crippen molar-refractivity contribution in [1.82, 2.24) is 4.98 Å². The van der Waals surface area contributed by atoms with Gasteiger partial charge in [0.25, 0.3) is 0 Å². The van der Waals surface area contributed by atoms with Gasteiger partial charge >= 0.3 is 5.97 Å². The van der Waals surface area contributed by atoms with Gasteiger partial charge in [-0.1, -0.05) is 29.8 Å². The Hall–Kier alpha value is -1.61. The van der Waals surface area contributed by atoms with Crippen LogP contribution in [0, 0.1) is 6.92 Å². The van der Waals surface area contributed by atoms with Gasteiger partial charge in [-0.15, -0.1) is 0 Å². The fourth-order valence-electron chi connectivity index (χ4n) is 1.80. The van der Waals surface area contributed by atoms with Gasteiger partial charge in [0, 0.05) is 5.39 Å². The summed E-state index contributed by atoms with van der Waals surface area (Å²) < 4.78 is 4.67. The number of rotatable bonds is 2. The SMILES string of the molecule is COC(=O)Cc1cc(Cl)nc2c(C)cccc12. The molecule has 3 nitrogen and oxygen atoms in total. The highest BCUT2D eigenvalue weighted by molar-refractivity contribution is 6.30. The number of aryl methyl sites for hydroxylation is 1. The summed E-state index contributed by atoms with van der Waals surface area (Å²) in [6.45, 7) is 1.97. The fraction of sp³-hybridized carbons (Fsp3) is 0.231. The van der Waals surface area contributed by atoms with E-state index in [0.29, 0.717) is 5.15 Å². The third-order valence-corrected chi connectivity index (χ3v) is 2.85. The maximum atomic E-state index is 11.3. The summed E-state index contributed by atoms with van der Waals surface area (Å²) in [6.07, 6.45) is 0.207. The van der Waals surface area contributed by atoms with E-state index in [1.54, 1.807) is 6.07 Å². The lowest BCUT2D eigenvalue weighted by atomic mass is 10.0. The molecule has 0 radical (unpaired) electrons. The minimum atomic E-state index is -0.282. The summed E-state index contributed by atoms with van der Waals surface area (Å²) in [5.41, 5.74) is 2.71. The van der Waals surface area contributed by atoms with Crippen molar-refractivity contribution < 1.29 is 9.53 Å². The number of aromatic nitrogens is 1. The zero-order valence-corrected chi connectivity index (χ0v) is 10.4. The van der Waals surface area contributed by atoms with E-state index >= 15 is 0 Å². The number of nitrogens with zero attached hydrogens (tertiary/aromatic N) is 1. The van der Waals surface area contributed by atoms with E-state index in [1.807, 2.05) is 25.1 Å². The van der Waals surface area contributed by atoms with Gasteiger partial charge in [0.15, 0.2) is 0 Å². The molecule has 0 bridgehead atoms. The van der Waals surface area contributed by atoms with Gasteiger partial charge < -0.3 is 4.74 Å². The molecule has 0 spiro atoms. The average Bonchev–Trinajstić information content (AvgIpc) is 2.30. The molecule has 1 aromatic carbocycles. The quantitative estimate of drug-likeness (QED) is 0.607. The second-order valence-electron chi connectivity index (χ2n) is 3.83. The molecule has 1 heterocycles. The van der Waals surface area contributed by atoms with Crippen molar-refractivity contribution in [3.63, 3.8) is 0 Å². The minimum absolute atomic E-state index is 0.207. The number of para-hydroxylation sites is 1. The lowest BCUT2D eigenvalue weighted by Gasteiger charge is -2.07. The van der Waals surface area contributed by atoms with Crippen LogP contribution in [0.25, 0.3) is 10.9 Å². The molecule has 0 fully saturated rings. The van der Waals surface area contributed by atoms with E-state index in [2.05, 4.69) is 9.72 Å². The summed E-state index contributed by atoms with van der Waals surface area (Å²) in [7, 11) is 1.37. The Morgan fingerprint density at radius 3 is 2.94 bits per heavy atom. The van der Waals surface area contributed by atoms with Crippen LogP contribution in [0.5, 0.6) is 0 Å². The van der Waals surface area contributed by atoms with Crippen molar-refractivity contribution >= 4 is 28.5 Å². The molecule has 4 heteroatoms. The molecule has 0 saturated carbocycles. The summed E-state index contributed by atoms with van der Waals surface area (Å²) in [5, 5.41) is 1.34. The Labute approximate surface area is 104 Å². The molecule has 0 aliphatic rings. The van der Waals surface area contributed by atoms with E-state index in [4.69, 9.17) is 11.6 Å². The molecule has 0 N–H and O–H groups in total. The molecule has 0 aliphatic carbocycles. The number of halogens is 1. The highest BCUT2D eigenvalue weighted by Gasteiger charge is 2.10. The molecule has 17 heavy (non-hydrogen) atoms. The topological polar surface area (TPSA) is 39.2 Å². The maximum Gasteiger partial charge on any atom is 0.310 e. The highest BCUT2D eigenvalue weighted by Crippen LogP contribution is 2.24. The largest absolute Gasteiger partial charge is 0.469 e. The van der Waals surface area contributed by atoms with Crippen LogP contribution in [-0.2, 0) is 16.0 Å². The van der Waals surface area contributed by atoms with Crippen molar-refractivity contribution in [2.75, 3.05) is 7.11 Å². The molecular formula is C13H12ClNO2. The van der Waals surface area contributed by atoms with Crippen molar-refractivity contribution in [3.05, 3.63) is 40.5 Å². The van der Waals surface area contributed by atoms with E-state index < -0.39 is 0 Å². The molecule has 0 amide bonds. The standard InChI is InChI=1S/C13H12ClNO2/c1-8-4-3-5-10-9(7-12(16)17-2)6-11(14)15-13(8)10/h3-6H,7H2,1-2H3. The monoisotopic (exact) mass is 249 g/mol. The number of methoxy groups -OCH3 is 1. The number of esters is 1. The van der Waals surface area contributed by atoms with Crippen LogP contribution in [-0.4, -0.2) is 18.1 Å². The van der Waals surface area contributed by atoms with Gasteiger partial charge in [-0.2, -0.15) is 0 Å². The molecule has 88 valence electrons. The molecule has 0 saturated heterocycles. The molecule has 2 rings (SSSR count). The zero-order chi connectivity index (χ0) is 12.4. The first-order valence-corrected chi connectivity index (χ1v) is 5.61. The average molecular weight is 250 g/mol. The lowest BCUT2D eigenvalue weighted by molar-refractivity contribution is -0.139. The lowest BCUT2D eigenvalue weighted by Crippen LogP contribution is -2.05. The summed E-state index contributed by atoms with van der Waals surface area (Å²) in [4.78, 5) is 15.6. The minimum Gasteiger partial charge on any atom is -0.469 e. The Kier molecular flexibility index (Phi) is 3.29. The van der Waals surface area contributed by atoms with Crippen LogP contribution in [0.1, 0.15) is 11.1 Å². The van der Waals surface area contributed by atoms with Crippen molar-refractivity contribution in [2.24, 2.45) is 0 Å². The number of pyridine rings is 1. The molecular weight excluding hydrogens is 238 g/mol. The third-order valence-electron chi connectivity index (χ3n) is 2.66. The number of hydrogen-bond donors (Lipinski definition) is 0. The van der Waals surface area contributed by atoms with Gasteiger partial charge in [-0.25, -0.2) is 4.98 Å². The summed E-state index contributed by atoms with van der Waals surface area (Å²) >= 11 is 5.96. The van der Waals surface area contributed by atoms with Crippen molar-refractivity contribution in [3.8, 4) is 0 Å². The van der Waals surface area contributed by atoms with Gasteiger partial charge in [0.2, 0.25) is 0 Å². The fourth-order valence-corrected chi connectivity index (χ4v) is 2.02. The van der Waals surface area contributed by atoms with Crippen LogP contribution >= 0.6 is 11.6 Å². The van der Waals surface area contributed by atoms with E-state index in [1.165, 1.54) is 7.11 Å². The number of fused-ring (bicyclic) bond motifs is 1. The third kappa shape index (κ3) is 2.39. The zero-order valence-electron chi connectivity index (χ0n) is 9.66. The van der Waals surface area contributed by atoms with E-state index in [-0.39, 0.29) is 12.4 Å².